The summed E-state index contributed by atoms with van der Waals surface area (Å²) in [5.74, 6) is -0.322. The number of aryl methyl sites for hydroxylation is 1. The van der Waals surface area contributed by atoms with Crippen molar-refractivity contribution in [1.82, 2.24) is 9.78 Å². The summed E-state index contributed by atoms with van der Waals surface area (Å²) in [4.78, 5) is 0. The summed E-state index contributed by atoms with van der Waals surface area (Å²) in [7, 11) is 0. The molecular formula is C17H15FN2O. The minimum atomic E-state index is -0.928. The van der Waals surface area contributed by atoms with E-state index in [0.717, 1.165) is 5.69 Å². The first-order valence-corrected chi connectivity index (χ1v) is 6.70. The second-order valence-electron chi connectivity index (χ2n) is 4.91. The van der Waals surface area contributed by atoms with E-state index in [4.69, 9.17) is 0 Å². The van der Waals surface area contributed by atoms with Gasteiger partial charge in [0, 0.05) is 6.20 Å². The molecule has 106 valence electrons. The molecule has 3 nitrogen and oxygen atoms in total. The van der Waals surface area contributed by atoms with Crippen LogP contribution in [0.4, 0.5) is 4.39 Å². The fourth-order valence-corrected chi connectivity index (χ4v) is 2.26. The predicted octanol–water partition coefficient (Wildman–Crippen LogP) is 3.40. The highest BCUT2D eigenvalue weighted by molar-refractivity contribution is 5.36. The van der Waals surface area contributed by atoms with Gasteiger partial charge in [-0.05, 0) is 42.3 Å². The zero-order chi connectivity index (χ0) is 14.8. The van der Waals surface area contributed by atoms with Crippen molar-refractivity contribution < 1.29 is 9.50 Å². The van der Waals surface area contributed by atoms with Gasteiger partial charge in [0.25, 0.3) is 0 Å². The molecule has 3 aromatic rings. The first-order chi connectivity index (χ1) is 10.2. The molecule has 0 bridgehead atoms. The third-order valence-corrected chi connectivity index (χ3v) is 3.46. The first kappa shape index (κ1) is 13.5. The van der Waals surface area contributed by atoms with E-state index >= 15 is 0 Å². The van der Waals surface area contributed by atoms with Crippen LogP contribution in [0.2, 0.25) is 0 Å². The Kier molecular flexibility index (Phi) is 3.54. The van der Waals surface area contributed by atoms with Gasteiger partial charge in [-0.25, -0.2) is 9.07 Å². The predicted molar refractivity (Wildman–Crippen MR) is 78.8 cm³/mol. The summed E-state index contributed by atoms with van der Waals surface area (Å²) < 4.78 is 15.3. The summed E-state index contributed by atoms with van der Waals surface area (Å²) in [6.45, 7) is 1.69. The van der Waals surface area contributed by atoms with Crippen LogP contribution >= 0.6 is 0 Å². The number of aliphatic hydroxyl groups is 1. The van der Waals surface area contributed by atoms with E-state index in [0.29, 0.717) is 16.8 Å². The molecule has 21 heavy (non-hydrogen) atoms. The van der Waals surface area contributed by atoms with E-state index in [1.807, 2.05) is 30.3 Å². The van der Waals surface area contributed by atoms with Gasteiger partial charge in [0.05, 0.1) is 11.4 Å². The molecule has 0 radical (unpaired) electrons. The molecule has 1 heterocycles. The Morgan fingerprint density at radius 3 is 2.57 bits per heavy atom. The molecule has 0 aliphatic heterocycles. The van der Waals surface area contributed by atoms with Crippen LogP contribution in [0.15, 0.2) is 60.8 Å². The van der Waals surface area contributed by atoms with Crippen molar-refractivity contribution >= 4 is 0 Å². The first-order valence-electron chi connectivity index (χ1n) is 6.70. The summed E-state index contributed by atoms with van der Waals surface area (Å²) in [6.07, 6.45) is 0.693. The molecule has 1 atom stereocenters. The Hall–Kier alpha value is -2.46. The van der Waals surface area contributed by atoms with Crippen molar-refractivity contribution in [1.29, 1.82) is 0 Å². The summed E-state index contributed by atoms with van der Waals surface area (Å²) >= 11 is 0. The zero-order valence-electron chi connectivity index (χ0n) is 11.6. The maximum absolute atomic E-state index is 13.7. The molecule has 3 rings (SSSR count). The number of nitrogens with zero attached hydrogens (tertiary/aromatic N) is 2. The number of hydrogen-bond acceptors (Lipinski definition) is 2. The number of aliphatic hydroxyl groups excluding tert-OH is 1. The highest BCUT2D eigenvalue weighted by Gasteiger charge is 2.17. The fraction of sp³-hybridized carbons (Fsp3) is 0.118. The van der Waals surface area contributed by atoms with Crippen LogP contribution in [-0.2, 0) is 0 Å². The Morgan fingerprint density at radius 2 is 1.86 bits per heavy atom. The van der Waals surface area contributed by atoms with Crippen LogP contribution in [0.25, 0.3) is 5.69 Å². The molecule has 0 saturated heterocycles. The number of hydrogen-bond donors (Lipinski definition) is 1. The van der Waals surface area contributed by atoms with Gasteiger partial charge >= 0.3 is 0 Å². The lowest BCUT2D eigenvalue weighted by Gasteiger charge is -2.14. The molecule has 0 aliphatic rings. The lowest BCUT2D eigenvalue weighted by atomic mass is 10.0. The van der Waals surface area contributed by atoms with Crippen LogP contribution in [0, 0.1) is 12.7 Å². The topological polar surface area (TPSA) is 38.1 Å². The van der Waals surface area contributed by atoms with Gasteiger partial charge in [-0.1, -0.05) is 30.3 Å². The molecule has 2 aromatic carbocycles. The van der Waals surface area contributed by atoms with Crippen LogP contribution in [0.1, 0.15) is 22.9 Å². The number of halogens is 1. The third kappa shape index (κ3) is 2.58. The maximum Gasteiger partial charge on any atom is 0.126 e. The average Bonchev–Trinajstić information content (AvgIpc) is 2.99. The lowest BCUT2D eigenvalue weighted by Crippen LogP contribution is -2.09. The van der Waals surface area contributed by atoms with Crippen molar-refractivity contribution in [2.45, 2.75) is 13.0 Å². The number of rotatable bonds is 3. The van der Waals surface area contributed by atoms with Gasteiger partial charge in [0.2, 0.25) is 0 Å². The van der Waals surface area contributed by atoms with Gasteiger partial charge < -0.3 is 5.11 Å². The van der Waals surface area contributed by atoms with Crippen molar-refractivity contribution in [3.63, 3.8) is 0 Å². The van der Waals surface area contributed by atoms with E-state index in [9.17, 15) is 9.50 Å². The Morgan fingerprint density at radius 1 is 1.10 bits per heavy atom. The van der Waals surface area contributed by atoms with Crippen molar-refractivity contribution in [2.75, 3.05) is 0 Å². The summed E-state index contributed by atoms with van der Waals surface area (Å²) in [5.41, 5.74) is 2.52. The van der Waals surface area contributed by atoms with E-state index in [1.165, 1.54) is 6.07 Å². The lowest BCUT2D eigenvalue weighted by molar-refractivity contribution is 0.211. The van der Waals surface area contributed by atoms with Crippen molar-refractivity contribution in [3.05, 3.63) is 83.4 Å². The maximum atomic E-state index is 13.7. The van der Waals surface area contributed by atoms with Crippen molar-refractivity contribution in [2.24, 2.45) is 0 Å². The Labute approximate surface area is 122 Å². The minimum absolute atomic E-state index is 0.322. The van der Waals surface area contributed by atoms with Crippen LogP contribution < -0.4 is 0 Å². The van der Waals surface area contributed by atoms with E-state index in [1.54, 1.807) is 36.0 Å². The highest BCUT2D eigenvalue weighted by Crippen LogP contribution is 2.25. The van der Waals surface area contributed by atoms with Crippen molar-refractivity contribution in [3.8, 4) is 5.69 Å². The molecule has 0 saturated carbocycles. The van der Waals surface area contributed by atoms with Gasteiger partial charge in [0.15, 0.2) is 0 Å². The third-order valence-electron chi connectivity index (χ3n) is 3.46. The monoisotopic (exact) mass is 282 g/mol. The SMILES string of the molecule is Cc1ccc(C(O)c2ccnn2-c2ccccc2)cc1F. The van der Waals surface area contributed by atoms with Crippen LogP contribution in [-0.4, -0.2) is 14.9 Å². The number of aromatic nitrogens is 2. The second kappa shape index (κ2) is 5.50. The molecular weight excluding hydrogens is 267 g/mol. The summed E-state index contributed by atoms with van der Waals surface area (Å²) in [6, 6.07) is 16.0. The standard InChI is InChI=1S/C17H15FN2O/c1-12-7-8-13(11-15(12)18)17(21)16-9-10-19-20(16)14-5-3-2-4-6-14/h2-11,17,21H,1H3. The molecule has 1 aromatic heterocycles. The van der Waals surface area contributed by atoms with E-state index in [-0.39, 0.29) is 5.82 Å². The molecule has 0 amide bonds. The van der Waals surface area contributed by atoms with E-state index in [2.05, 4.69) is 5.10 Å². The quantitative estimate of drug-likeness (QED) is 0.799. The Balaban J connectivity index is 2.01. The molecule has 4 heteroatoms. The Bertz CT molecular complexity index is 752. The van der Waals surface area contributed by atoms with Gasteiger partial charge in [-0.15, -0.1) is 0 Å². The second-order valence-corrected chi connectivity index (χ2v) is 4.91. The largest absolute Gasteiger partial charge is 0.382 e. The normalized spacial score (nSPS) is 12.3. The van der Waals surface area contributed by atoms with Gasteiger partial charge in [-0.2, -0.15) is 5.10 Å². The molecule has 0 spiro atoms. The number of para-hydroxylation sites is 1. The molecule has 1 unspecified atom stereocenters. The van der Waals surface area contributed by atoms with E-state index < -0.39 is 6.10 Å². The van der Waals surface area contributed by atoms with Crippen LogP contribution in [0.5, 0.6) is 0 Å². The highest BCUT2D eigenvalue weighted by atomic mass is 19.1. The van der Waals surface area contributed by atoms with Gasteiger partial charge in [-0.3, -0.25) is 0 Å². The fourth-order valence-electron chi connectivity index (χ4n) is 2.26. The molecule has 0 fully saturated rings. The zero-order valence-corrected chi connectivity index (χ0v) is 11.6. The smallest absolute Gasteiger partial charge is 0.126 e. The van der Waals surface area contributed by atoms with Gasteiger partial charge in [0.1, 0.15) is 11.9 Å². The average molecular weight is 282 g/mol. The summed E-state index contributed by atoms with van der Waals surface area (Å²) in [5, 5.41) is 14.7. The minimum Gasteiger partial charge on any atom is -0.382 e. The molecule has 1 N–H and O–H groups in total. The van der Waals surface area contributed by atoms with Crippen LogP contribution in [0.3, 0.4) is 0 Å². The number of benzene rings is 2. The molecule has 0 aliphatic carbocycles.